The highest BCUT2D eigenvalue weighted by Crippen LogP contribution is 2.23. The van der Waals surface area contributed by atoms with E-state index < -0.39 is 9.84 Å². The average Bonchev–Trinajstić information content (AvgIpc) is 2.37. The van der Waals surface area contributed by atoms with Crippen molar-refractivity contribution in [3.05, 3.63) is 42.1 Å². The maximum atomic E-state index is 11.3. The zero-order chi connectivity index (χ0) is 14.8. The van der Waals surface area contributed by atoms with Crippen LogP contribution in [0.5, 0.6) is 11.5 Å². The summed E-state index contributed by atoms with van der Waals surface area (Å²) in [6.45, 7) is 0.325. The van der Waals surface area contributed by atoms with E-state index in [2.05, 4.69) is 10.3 Å². The molecule has 1 aromatic carbocycles. The Balaban J connectivity index is 2.08. The van der Waals surface area contributed by atoms with Crippen molar-refractivity contribution < 1.29 is 18.6 Å². The van der Waals surface area contributed by atoms with Crippen molar-refractivity contribution >= 4 is 15.5 Å². The van der Waals surface area contributed by atoms with Crippen LogP contribution in [-0.4, -0.2) is 29.9 Å². The second-order valence-electron chi connectivity index (χ2n) is 4.32. The van der Waals surface area contributed by atoms with Crippen molar-refractivity contribution in [2.45, 2.75) is 11.6 Å². The second kappa shape index (κ2) is 5.38. The number of sulfone groups is 1. The van der Waals surface area contributed by atoms with Gasteiger partial charge in [-0.15, -0.1) is 0 Å². The lowest BCUT2D eigenvalue weighted by molar-refractivity contribution is 0.446. The summed E-state index contributed by atoms with van der Waals surface area (Å²) in [5.74, 6) is -0.0244. The molecule has 0 atom stereocenters. The summed E-state index contributed by atoms with van der Waals surface area (Å²) in [4.78, 5) is 3.85. The summed E-state index contributed by atoms with van der Waals surface area (Å²) in [6, 6.07) is 7.33. The third-order valence-corrected chi connectivity index (χ3v) is 3.67. The lowest BCUT2D eigenvalue weighted by Crippen LogP contribution is -2.03. The first kappa shape index (κ1) is 14.1. The summed E-state index contributed by atoms with van der Waals surface area (Å²) in [6.07, 6.45) is 2.50. The fourth-order valence-electron chi connectivity index (χ4n) is 1.60. The highest BCUT2D eigenvalue weighted by Gasteiger charge is 2.08. The lowest BCUT2D eigenvalue weighted by atomic mass is 10.2. The average molecular weight is 294 g/mol. The standard InChI is InChI=1S/C13H14N2O4S/c1-20(18,19)13-5-3-10(8-15-13)14-7-9-2-4-11(16)6-12(9)17/h2-6,8,14,16-17H,7H2,1H3. The Labute approximate surface area is 116 Å². The molecule has 0 aliphatic heterocycles. The maximum Gasteiger partial charge on any atom is 0.192 e. The molecule has 2 aromatic rings. The van der Waals surface area contributed by atoms with Gasteiger partial charge in [-0.2, -0.15) is 0 Å². The van der Waals surface area contributed by atoms with E-state index in [0.717, 1.165) is 6.26 Å². The van der Waals surface area contributed by atoms with Gasteiger partial charge in [0.2, 0.25) is 0 Å². The van der Waals surface area contributed by atoms with E-state index in [9.17, 15) is 18.6 Å². The van der Waals surface area contributed by atoms with E-state index in [1.54, 1.807) is 12.1 Å². The summed E-state index contributed by atoms with van der Waals surface area (Å²) < 4.78 is 22.5. The monoisotopic (exact) mass is 294 g/mol. The third kappa shape index (κ3) is 3.39. The van der Waals surface area contributed by atoms with Crippen molar-refractivity contribution in [2.24, 2.45) is 0 Å². The van der Waals surface area contributed by atoms with E-state index >= 15 is 0 Å². The predicted octanol–water partition coefficient (Wildman–Crippen LogP) is 1.51. The number of hydrogen-bond acceptors (Lipinski definition) is 6. The molecule has 106 valence electrons. The molecule has 0 radical (unpaired) electrons. The van der Waals surface area contributed by atoms with Crippen LogP contribution < -0.4 is 5.32 Å². The molecule has 7 heteroatoms. The van der Waals surface area contributed by atoms with Crippen LogP contribution in [0.2, 0.25) is 0 Å². The minimum atomic E-state index is -3.30. The molecule has 6 nitrogen and oxygen atoms in total. The van der Waals surface area contributed by atoms with E-state index in [4.69, 9.17) is 0 Å². The molecule has 3 N–H and O–H groups in total. The fraction of sp³-hybridized carbons (Fsp3) is 0.154. The van der Waals surface area contributed by atoms with Gasteiger partial charge in [0.1, 0.15) is 11.5 Å². The molecule has 0 aliphatic rings. The maximum absolute atomic E-state index is 11.3. The van der Waals surface area contributed by atoms with Crippen LogP contribution in [0.25, 0.3) is 0 Å². The Bertz CT molecular complexity index is 712. The minimum Gasteiger partial charge on any atom is -0.508 e. The Morgan fingerprint density at radius 3 is 2.50 bits per heavy atom. The van der Waals surface area contributed by atoms with Crippen LogP contribution in [0.1, 0.15) is 5.56 Å². The molecule has 0 amide bonds. The molecule has 0 aliphatic carbocycles. The lowest BCUT2D eigenvalue weighted by Gasteiger charge is -2.08. The van der Waals surface area contributed by atoms with Gasteiger partial charge in [0, 0.05) is 24.4 Å². The van der Waals surface area contributed by atoms with Gasteiger partial charge in [0.25, 0.3) is 0 Å². The minimum absolute atomic E-state index is 0.00887. The Morgan fingerprint density at radius 1 is 1.20 bits per heavy atom. The largest absolute Gasteiger partial charge is 0.508 e. The van der Waals surface area contributed by atoms with Crippen molar-refractivity contribution in [3.63, 3.8) is 0 Å². The van der Waals surface area contributed by atoms with Gasteiger partial charge in [0.05, 0.1) is 11.9 Å². The van der Waals surface area contributed by atoms with Crippen molar-refractivity contribution in [2.75, 3.05) is 11.6 Å². The number of benzene rings is 1. The molecular formula is C13H14N2O4S. The molecule has 0 bridgehead atoms. The summed E-state index contributed by atoms with van der Waals surface area (Å²) in [7, 11) is -3.30. The number of anilines is 1. The summed E-state index contributed by atoms with van der Waals surface area (Å²) in [5, 5.41) is 21.8. The van der Waals surface area contributed by atoms with Gasteiger partial charge in [0.15, 0.2) is 14.9 Å². The smallest absolute Gasteiger partial charge is 0.192 e. The first-order valence-corrected chi connectivity index (χ1v) is 7.66. The van der Waals surface area contributed by atoms with Crippen molar-refractivity contribution in [3.8, 4) is 11.5 Å². The first-order valence-electron chi connectivity index (χ1n) is 5.77. The number of hydrogen-bond donors (Lipinski definition) is 3. The number of aromatic hydroxyl groups is 2. The highest BCUT2D eigenvalue weighted by atomic mass is 32.2. The molecular weight excluding hydrogens is 280 g/mol. The van der Waals surface area contributed by atoms with Gasteiger partial charge in [-0.1, -0.05) is 0 Å². The van der Waals surface area contributed by atoms with Crippen LogP contribution in [0.4, 0.5) is 5.69 Å². The third-order valence-electron chi connectivity index (χ3n) is 2.67. The SMILES string of the molecule is CS(=O)(=O)c1ccc(NCc2ccc(O)cc2O)cn1. The molecule has 0 saturated carbocycles. The zero-order valence-corrected chi connectivity index (χ0v) is 11.6. The second-order valence-corrected chi connectivity index (χ2v) is 6.29. The first-order chi connectivity index (χ1) is 9.36. The molecule has 0 unspecified atom stereocenters. The number of rotatable bonds is 4. The van der Waals surface area contributed by atoms with Crippen LogP contribution in [0.3, 0.4) is 0 Å². The fourth-order valence-corrected chi connectivity index (χ4v) is 2.16. The summed E-state index contributed by atoms with van der Waals surface area (Å²) >= 11 is 0. The van der Waals surface area contributed by atoms with Crippen LogP contribution in [0.15, 0.2) is 41.6 Å². The molecule has 1 heterocycles. The topological polar surface area (TPSA) is 99.5 Å². The Morgan fingerprint density at radius 2 is 1.95 bits per heavy atom. The number of aromatic nitrogens is 1. The van der Waals surface area contributed by atoms with E-state index in [1.807, 2.05) is 0 Å². The predicted molar refractivity (Wildman–Crippen MR) is 74.4 cm³/mol. The van der Waals surface area contributed by atoms with Crippen LogP contribution in [-0.2, 0) is 16.4 Å². The molecule has 0 saturated heterocycles. The van der Waals surface area contributed by atoms with Gasteiger partial charge >= 0.3 is 0 Å². The highest BCUT2D eigenvalue weighted by molar-refractivity contribution is 7.90. The number of nitrogens with zero attached hydrogens (tertiary/aromatic N) is 1. The normalized spacial score (nSPS) is 11.2. The number of phenols is 2. The molecule has 0 spiro atoms. The van der Waals surface area contributed by atoms with Crippen molar-refractivity contribution in [1.29, 1.82) is 0 Å². The number of nitrogens with one attached hydrogen (secondary N) is 1. The number of pyridine rings is 1. The zero-order valence-electron chi connectivity index (χ0n) is 10.7. The quantitative estimate of drug-likeness (QED) is 0.790. The van der Waals surface area contributed by atoms with E-state index in [0.29, 0.717) is 17.8 Å². The van der Waals surface area contributed by atoms with E-state index in [-0.39, 0.29) is 16.5 Å². The molecule has 0 fully saturated rings. The molecule has 1 aromatic heterocycles. The Hall–Kier alpha value is -2.28. The van der Waals surface area contributed by atoms with E-state index in [1.165, 1.54) is 24.4 Å². The summed E-state index contributed by atoms with van der Waals surface area (Å²) in [5.41, 5.74) is 1.24. The molecule has 2 rings (SSSR count). The van der Waals surface area contributed by atoms with Crippen LogP contribution in [0, 0.1) is 0 Å². The van der Waals surface area contributed by atoms with Crippen LogP contribution >= 0.6 is 0 Å². The van der Waals surface area contributed by atoms with Gasteiger partial charge in [-0.3, -0.25) is 0 Å². The van der Waals surface area contributed by atoms with Gasteiger partial charge in [-0.05, 0) is 24.3 Å². The van der Waals surface area contributed by atoms with Gasteiger partial charge < -0.3 is 15.5 Å². The molecule has 20 heavy (non-hydrogen) atoms. The number of phenolic OH excluding ortho intramolecular Hbond substituents is 2. The Kier molecular flexibility index (Phi) is 3.80. The van der Waals surface area contributed by atoms with Crippen molar-refractivity contribution in [1.82, 2.24) is 4.98 Å². The van der Waals surface area contributed by atoms with Gasteiger partial charge in [-0.25, -0.2) is 13.4 Å².